The van der Waals surface area contributed by atoms with E-state index < -0.39 is 72.8 Å². The Hall–Kier alpha value is -4.54. The highest BCUT2D eigenvalue weighted by Crippen LogP contribution is 2.15. The molecule has 5 amide bonds. The molecule has 16 nitrogen and oxygen atoms in total. The second-order valence-electron chi connectivity index (χ2n) is 13.2. The lowest BCUT2D eigenvalue weighted by molar-refractivity contribution is -0.148. The van der Waals surface area contributed by atoms with Crippen LogP contribution in [0.2, 0.25) is 0 Å². The molecule has 0 spiro atoms. The summed E-state index contributed by atoms with van der Waals surface area (Å²) in [6, 6.07) is 1.73. The summed E-state index contributed by atoms with van der Waals surface area (Å²) < 4.78 is 0. The Balaban J connectivity index is 2.52. The van der Waals surface area contributed by atoms with Gasteiger partial charge in [-0.1, -0.05) is 38.1 Å². The van der Waals surface area contributed by atoms with Crippen LogP contribution in [0.1, 0.15) is 70.8 Å². The number of amides is 5. The summed E-state index contributed by atoms with van der Waals surface area (Å²) in [6.45, 7) is 3.40. The number of phenolic OH excluding ortho intramolecular Hbond substituents is 1. The Labute approximate surface area is 299 Å². The van der Waals surface area contributed by atoms with Crippen molar-refractivity contribution < 1.29 is 39.0 Å². The number of hydrogen-bond acceptors (Lipinski definition) is 10. The molecule has 0 aromatic heterocycles. The van der Waals surface area contributed by atoms with Crippen LogP contribution in [0.3, 0.4) is 0 Å². The number of aromatic hydroxyl groups is 1. The van der Waals surface area contributed by atoms with Gasteiger partial charge in [0.05, 0.1) is 6.04 Å². The molecule has 51 heavy (non-hydrogen) atoms. The molecule has 1 aromatic rings. The van der Waals surface area contributed by atoms with Crippen LogP contribution in [0.25, 0.3) is 0 Å². The van der Waals surface area contributed by atoms with Crippen LogP contribution in [-0.2, 0) is 35.3 Å². The van der Waals surface area contributed by atoms with Gasteiger partial charge < -0.3 is 53.2 Å². The normalized spacial score (nSPS) is 20.2. The maximum absolute atomic E-state index is 14.3. The second-order valence-corrected chi connectivity index (χ2v) is 13.2. The van der Waals surface area contributed by atoms with E-state index in [1.54, 1.807) is 24.3 Å². The fourth-order valence-electron chi connectivity index (χ4n) is 5.53. The first kappa shape index (κ1) is 42.6. The number of rotatable bonds is 17. The van der Waals surface area contributed by atoms with Gasteiger partial charge in [0.15, 0.2) is 0 Å². The number of nitrogens with one attached hydrogen (secondary N) is 3. The number of carboxylic acid groups (broad SMARTS) is 1. The molecule has 0 bridgehead atoms. The third-order valence-electron chi connectivity index (χ3n) is 8.25. The van der Waals surface area contributed by atoms with Gasteiger partial charge in [0.2, 0.25) is 29.5 Å². The van der Waals surface area contributed by atoms with Crippen LogP contribution in [0.4, 0.5) is 0 Å². The van der Waals surface area contributed by atoms with Crippen molar-refractivity contribution in [3.8, 4) is 5.75 Å². The van der Waals surface area contributed by atoms with E-state index >= 15 is 0 Å². The predicted octanol–water partition coefficient (Wildman–Crippen LogP) is -0.320. The summed E-state index contributed by atoms with van der Waals surface area (Å²) in [5, 5.41) is 27.5. The second kappa shape index (κ2) is 22.3. The fraction of sp³-hybridized carbons (Fsp3) is 0.600. The Kier molecular flexibility index (Phi) is 18.7. The zero-order valence-corrected chi connectivity index (χ0v) is 29.7. The predicted molar refractivity (Wildman–Crippen MR) is 191 cm³/mol. The van der Waals surface area contributed by atoms with E-state index in [9.17, 15) is 39.0 Å². The Morgan fingerprint density at radius 3 is 1.90 bits per heavy atom. The molecule has 0 saturated heterocycles. The van der Waals surface area contributed by atoms with Crippen molar-refractivity contribution in [2.24, 2.45) is 23.1 Å². The van der Waals surface area contributed by atoms with Crippen molar-refractivity contribution in [1.29, 1.82) is 0 Å². The summed E-state index contributed by atoms with van der Waals surface area (Å²) >= 11 is 0. The molecular weight excluding hydrogens is 660 g/mol. The zero-order valence-electron chi connectivity index (χ0n) is 29.7. The van der Waals surface area contributed by atoms with Crippen LogP contribution in [0.15, 0.2) is 36.4 Å². The average Bonchev–Trinajstić information content (AvgIpc) is 3.07. The number of carbonyl (C=O) groups is 6. The molecule has 16 heteroatoms. The van der Waals surface area contributed by atoms with Crippen molar-refractivity contribution in [2.75, 3.05) is 32.7 Å². The van der Waals surface area contributed by atoms with E-state index in [0.29, 0.717) is 44.3 Å². The van der Waals surface area contributed by atoms with Crippen molar-refractivity contribution in [3.05, 3.63) is 42.0 Å². The van der Waals surface area contributed by atoms with Crippen LogP contribution in [0.5, 0.6) is 5.75 Å². The van der Waals surface area contributed by atoms with Crippen LogP contribution in [0, 0.1) is 5.92 Å². The number of aliphatic carboxylic acids is 1. The van der Waals surface area contributed by atoms with Gasteiger partial charge in [-0.25, -0.2) is 0 Å². The third-order valence-corrected chi connectivity index (χ3v) is 8.25. The number of nitrogens with two attached hydrogens (primary N) is 3. The first-order valence-corrected chi connectivity index (χ1v) is 17.5. The number of carboxylic acids is 1. The van der Waals surface area contributed by atoms with E-state index in [1.165, 1.54) is 17.0 Å². The monoisotopic (exact) mass is 716 g/mol. The number of unbranched alkanes of at least 4 members (excludes halogenated alkanes) is 2. The lowest BCUT2D eigenvalue weighted by Gasteiger charge is -2.31. The molecule has 0 unspecified atom stereocenters. The van der Waals surface area contributed by atoms with Gasteiger partial charge in [0.1, 0.15) is 37.0 Å². The summed E-state index contributed by atoms with van der Waals surface area (Å²) in [5.74, 6) is -4.29. The van der Waals surface area contributed by atoms with Crippen molar-refractivity contribution in [2.45, 2.75) is 95.9 Å². The average molecular weight is 717 g/mol. The number of benzene rings is 1. The lowest BCUT2D eigenvalue weighted by atomic mass is 10.0. The van der Waals surface area contributed by atoms with E-state index in [4.69, 9.17) is 17.2 Å². The van der Waals surface area contributed by atoms with Crippen molar-refractivity contribution in [3.63, 3.8) is 0 Å². The molecule has 0 saturated carbocycles. The molecule has 1 heterocycles. The molecular formula is C35H56N8O8. The quantitative estimate of drug-likeness (QED) is 0.0765. The van der Waals surface area contributed by atoms with Crippen molar-refractivity contribution in [1.82, 2.24) is 25.8 Å². The smallest absolute Gasteiger partial charge is 0.323 e. The molecule has 1 aliphatic heterocycles. The van der Waals surface area contributed by atoms with Gasteiger partial charge in [-0.2, -0.15) is 0 Å². The summed E-state index contributed by atoms with van der Waals surface area (Å²) in [6.07, 6.45) is 5.94. The fourth-order valence-corrected chi connectivity index (χ4v) is 5.53. The molecule has 4 atom stereocenters. The summed E-state index contributed by atoms with van der Waals surface area (Å²) in [4.78, 5) is 82.2. The first-order chi connectivity index (χ1) is 24.2. The minimum absolute atomic E-state index is 0.00283. The molecule has 284 valence electrons. The van der Waals surface area contributed by atoms with Crippen LogP contribution >= 0.6 is 0 Å². The maximum Gasteiger partial charge on any atom is 0.323 e. The number of nitrogens with zero attached hydrogens (tertiary/aromatic N) is 2. The molecule has 1 aromatic carbocycles. The van der Waals surface area contributed by atoms with Gasteiger partial charge in [-0.3, -0.25) is 28.8 Å². The van der Waals surface area contributed by atoms with Gasteiger partial charge in [0.25, 0.3) is 0 Å². The molecule has 11 N–H and O–H groups in total. The summed E-state index contributed by atoms with van der Waals surface area (Å²) in [7, 11) is 0. The Morgan fingerprint density at radius 1 is 0.804 bits per heavy atom. The van der Waals surface area contributed by atoms with Gasteiger partial charge in [-0.15, -0.1) is 0 Å². The largest absolute Gasteiger partial charge is 0.508 e. The highest BCUT2D eigenvalue weighted by atomic mass is 16.4. The number of hydrogen-bond donors (Lipinski definition) is 8. The maximum atomic E-state index is 14.3. The van der Waals surface area contributed by atoms with Gasteiger partial charge in [0, 0.05) is 13.1 Å². The molecule has 1 aliphatic rings. The van der Waals surface area contributed by atoms with Crippen LogP contribution < -0.4 is 33.2 Å². The highest BCUT2D eigenvalue weighted by molar-refractivity contribution is 5.95. The summed E-state index contributed by atoms with van der Waals surface area (Å²) in [5.41, 5.74) is 18.0. The number of phenols is 1. The molecule has 0 aliphatic carbocycles. The number of carbonyl (C=O) groups excluding carboxylic acids is 5. The van der Waals surface area contributed by atoms with Crippen molar-refractivity contribution >= 4 is 35.5 Å². The van der Waals surface area contributed by atoms with E-state index in [2.05, 4.69) is 16.0 Å². The minimum Gasteiger partial charge on any atom is -0.508 e. The topological polar surface area (TPSA) is 264 Å². The minimum atomic E-state index is -1.22. The SMILES string of the molecule is CC(C)CN(CC(=O)O)C(=O)CN(Cc1ccc(O)cc1)C(=O)[C@@H]1CC=CC[C@H](N)C(=O)N[C@@H](CCCCN)C(=O)N[C@@H](CCCCN)C(=O)N1. The first-order valence-electron chi connectivity index (χ1n) is 17.5. The molecule has 0 radical (unpaired) electrons. The standard InChI is InChI=1S/C35H56N8O8/c1-23(2)19-42(22-31(46)47)30(45)21-43(20-24-13-15-25(44)16-14-24)35(51)29-12-4-3-9-26(38)32(48)39-27(10-5-7-17-36)33(49)40-28(34(50)41-29)11-6-8-18-37/h3-4,13-16,23,26-29,44H,5-12,17-22,36-38H2,1-2H3,(H,39,48)(H,40,49)(H,41,50)(H,46,47)/t26-,27-,28-,29-/m0/s1. The van der Waals surface area contributed by atoms with E-state index in [0.717, 1.165) is 4.90 Å². The third kappa shape index (κ3) is 15.5. The zero-order chi connectivity index (χ0) is 37.9. The Bertz CT molecular complexity index is 1340. The van der Waals surface area contributed by atoms with E-state index in [-0.39, 0.29) is 50.4 Å². The molecule has 0 fully saturated rings. The van der Waals surface area contributed by atoms with Gasteiger partial charge in [-0.05, 0) is 88.1 Å². The van der Waals surface area contributed by atoms with Crippen LogP contribution in [-0.4, -0.2) is 112 Å². The molecule has 2 rings (SSSR count). The Morgan fingerprint density at radius 2 is 1.35 bits per heavy atom. The lowest BCUT2D eigenvalue weighted by Crippen LogP contribution is -2.58. The van der Waals surface area contributed by atoms with E-state index in [1.807, 2.05) is 13.8 Å². The van der Waals surface area contributed by atoms with Gasteiger partial charge >= 0.3 is 5.97 Å². The highest BCUT2D eigenvalue weighted by Gasteiger charge is 2.33.